The van der Waals surface area contributed by atoms with Gasteiger partial charge in [0.1, 0.15) is 0 Å². The summed E-state index contributed by atoms with van der Waals surface area (Å²) < 4.78 is 4.80. The van der Waals surface area contributed by atoms with Gasteiger partial charge < -0.3 is 15.4 Å². The van der Waals surface area contributed by atoms with E-state index in [1.165, 1.54) is 7.11 Å². The zero-order valence-electron chi connectivity index (χ0n) is 15.9. The van der Waals surface area contributed by atoms with E-state index >= 15 is 0 Å². The number of nitrogens with zero attached hydrogens (tertiary/aromatic N) is 1. The predicted molar refractivity (Wildman–Crippen MR) is 112 cm³/mol. The van der Waals surface area contributed by atoms with E-state index in [0.29, 0.717) is 28.5 Å². The van der Waals surface area contributed by atoms with Crippen LogP contribution in [0, 0.1) is 5.92 Å². The summed E-state index contributed by atoms with van der Waals surface area (Å²) in [5.41, 5.74) is 2.72. The lowest BCUT2D eigenvalue weighted by molar-refractivity contribution is -0.120. The Morgan fingerprint density at radius 3 is 2.86 bits per heavy atom. The largest absolute Gasteiger partial charge is 0.465 e. The first kappa shape index (κ1) is 19.4. The number of benzene rings is 2. The van der Waals surface area contributed by atoms with Crippen molar-refractivity contribution in [2.24, 2.45) is 5.92 Å². The highest BCUT2D eigenvalue weighted by atomic mass is 35.5. The first-order chi connectivity index (χ1) is 14.1. The molecule has 1 aliphatic rings. The first-order valence-electron chi connectivity index (χ1n) is 9.45. The molecule has 0 spiro atoms. The number of carbonyl (C=O) groups is 2. The first-order valence-corrected chi connectivity index (χ1v) is 9.82. The number of hydrogen-bond acceptors (Lipinski definition) is 5. The summed E-state index contributed by atoms with van der Waals surface area (Å²) in [7, 11) is 1.34. The van der Waals surface area contributed by atoms with Crippen LogP contribution in [0.15, 0.2) is 36.4 Å². The van der Waals surface area contributed by atoms with Gasteiger partial charge in [-0.2, -0.15) is 5.10 Å². The van der Waals surface area contributed by atoms with Gasteiger partial charge in [0.15, 0.2) is 5.82 Å². The quantitative estimate of drug-likeness (QED) is 0.569. The molecule has 0 aliphatic carbocycles. The standard InChI is InChI=1S/C21H21ClN4O3/c1-29-21(28)13-4-6-17(22)15(10-13)12-5-7-18-16(9-12)19(26-25-18)24-20(27)14-3-2-8-23-11-14/h4-7,9-10,14,23H,2-3,8,11H2,1H3,(H2,24,25,26,27)/t14-/m1/s1. The number of piperidine rings is 1. The minimum atomic E-state index is -0.429. The highest BCUT2D eigenvalue weighted by Crippen LogP contribution is 2.33. The Hall–Kier alpha value is -2.90. The van der Waals surface area contributed by atoms with Gasteiger partial charge in [0.25, 0.3) is 0 Å². The molecule has 0 unspecified atom stereocenters. The summed E-state index contributed by atoms with van der Waals surface area (Å²) in [4.78, 5) is 24.5. The van der Waals surface area contributed by atoms with Crippen LogP contribution in [0.3, 0.4) is 0 Å². The number of anilines is 1. The summed E-state index contributed by atoms with van der Waals surface area (Å²) in [5.74, 6) is -0.0504. The smallest absolute Gasteiger partial charge is 0.337 e. The molecule has 3 N–H and O–H groups in total. The molecule has 1 saturated heterocycles. The van der Waals surface area contributed by atoms with Crippen LogP contribution in [-0.4, -0.2) is 42.3 Å². The number of halogens is 1. The second kappa shape index (κ2) is 8.23. The third-order valence-corrected chi connectivity index (χ3v) is 5.50. The molecule has 2 aromatic carbocycles. The van der Waals surface area contributed by atoms with E-state index in [2.05, 4.69) is 20.8 Å². The van der Waals surface area contributed by atoms with Crippen LogP contribution in [0.2, 0.25) is 5.02 Å². The number of carbonyl (C=O) groups excluding carboxylic acids is 2. The van der Waals surface area contributed by atoms with Gasteiger partial charge in [-0.25, -0.2) is 4.79 Å². The molecule has 1 aliphatic heterocycles. The molecule has 8 heteroatoms. The molecule has 4 rings (SSSR count). The number of esters is 1. The monoisotopic (exact) mass is 412 g/mol. The van der Waals surface area contributed by atoms with Crippen LogP contribution < -0.4 is 10.6 Å². The topological polar surface area (TPSA) is 96.1 Å². The van der Waals surface area contributed by atoms with E-state index in [1.54, 1.807) is 18.2 Å². The zero-order valence-corrected chi connectivity index (χ0v) is 16.7. The number of fused-ring (bicyclic) bond motifs is 1. The van der Waals surface area contributed by atoms with Crippen molar-refractivity contribution in [1.29, 1.82) is 0 Å². The lowest BCUT2D eigenvalue weighted by Gasteiger charge is -2.21. The number of rotatable bonds is 4. The highest BCUT2D eigenvalue weighted by Gasteiger charge is 2.22. The minimum absolute atomic E-state index is 0.0401. The van der Waals surface area contributed by atoms with Crippen molar-refractivity contribution in [1.82, 2.24) is 15.5 Å². The molecule has 1 fully saturated rings. The average Bonchev–Trinajstić information content (AvgIpc) is 3.16. The van der Waals surface area contributed by atoms with Crippen LogP contribution in [0.1, 0.15) is 23.2 Å². The molecular formula is C21H21ClN4O3. The number of methoxy groups -OCH3 is 1. The SMILES string of the molecule is COC(=O)c1ccc(Cl)c(-c2ccc3[nH]nc(NC(=O)[C@@H]4CCCNC4)c3c2)c1. The molecule has 1 amide bonds. The van der Waals surface area contributed by atoms with Crippen molar-refractivity contribution in [3.8, 4) is 11.1 Å². The van der Waals surface area contributed by atoms with E-state index in [9.17, 15) is 9.59 Å². The van der Waals surface area contributed by atoms with Gasteiger partial charge in [0.05, 0.1) is 24.1 Å². The van der Waals surface area contributed by atoms with Crippen LogP contribution in [0.4, 0.5) is 5.82 Å². The number of aromatic amines is 1. The Morgan fingerprint density at radius 1 is 1.24 bits per heavy atom. The van der Waals surface area contributed by atoms with E-state index in [4.69, 9.17) is 16.3 Å². The lowest BCUT2D eigenvalue weighted by atomic mass is 9.98. The van der Waals surface area contributed by atoms with Gasteiger partial charge in [-0.3, -0.25) is 9.89 Å². The summed E-state index contributed by atoms with van der Waals surface area (Å²) >= 11 is 6.38. The zero-order chi connectivity index (χ0) is 20.4. The van der Waals surface area contributed by atoms with Crippen LogP contribution >= 0.6 is 11.6 Å². The molecule has 29 heavy (non-hydrogen) atoms. The molecule has 0 bridgehead atoms. The number of amides is 1. The minimum Gasteiger partial charge on any atom is -0.465 e. The Bertz CT molecular complexity index is 1070. The van der Waals surface area contributed by atoms with E-state index in [1.807, 2.05) is 18.2 Å². The van der Waals surface area contributed by atoms with Crippen molar-refractivity contribution in [3.05, 3.63) is 47.0 Å². The molecule has 1 atom stereocenters. The fourth-order valence-corrected chi connectivity index (χ4v) is 3.79. The number of nitrogens with one attached hydrogen (secondary N) is 3. The molecule has 150 valence electrons. The van der Waals surface area contributed by atoms with Crippen LogP contribution in [0.5, 0.6) is 0 Å². The van der Waals surface area contributed by atoms with Crippen LogP contribution in [-0.2, 0) is 9.53 Å². The molecule has 7 nitrogen and oxygen atoms in total. The Balaban J connectivity index is 1.67. The molecule has 3 aromatic rings. The molecule has 1 aromatic heterocycles. The van der Waals surface area contributed by atoms with E-state index in [0.717, 1.165) is 35.9 Å². The predicted octanol–water partition coefficient (Wildman–Crippen LogP) is 3.61. The Kier molecular flexibility index (Phi) is 5.51. The highest BCUT2D eigenvalue weighted by molar-refractivity contribution is 6.33. The van der Waals surface area contributed by atoms with Crippen molar-refractivity contribution in [3.63, 3.8) is 0 Å². The number of hydrogen-bond donors (Lipinski definition) is 3. The lowest BCUT2D eigenvalue weighted by Crippen LogP contribution is -2.37. The van der Waals surface area contributed by atoms with Crippen molar-refractivity contribution < 1.29 is 14.3 Å². The van der Waals surface area contributed by atoms with Gasteiger partial charge in [-0.1, -0.05) is 17.7 Å². The summed E-state index contributed by atoms with van der Waals surface area (Å²) in [6, 6.07) is 10.6. The molecular weight excluding hydrogens is 392 g/mol. The van der Waals surface area contributed by atoms with Gasteiger partial charge >= 0.3 is 5.97 Å². The number of H-pyrrole nitrogens is 1. The van der Waals surface area contributed by atoms with E-state index in [-0.39, 0.29) is 11.8 Å². The van der Waals surface area contributed by atoms with Crippen LogP contribution in [0.25, 0.3) is 22.0 Å². The number of ether oxygens (including phenoxy) is 1. The van der Waals surface area contributed by atoms with Crippen molar-refractivity contribution in [2.75, 3.05) is 25.5 Å². The summed E-state index contributed by atoms with van der Waals surface area (Å²) in [6.07, 6.45) is 1.85. The fraction of sp³-hybridized carbons (Fsp3) is 0.286. The Morgan fingerprint density at radius 2 is 2.10 bits per heavy atom. The fourth-order valence-electron chi connectivity index (χ4n) is 3.56. The van der Waals surface area contributed by atoms with Gasteiger partial charge in [0.2, 0.25) is 5.91 Å². The van der Waals surface area contributed by atoms with E-state index < -0.39 is 5.97 Å². The summed E-state index contributed by atoms with van der Waals surface area (Å²) in [5, 5.41) is 14.7. The van der Waals surface area contributed by atoms with Gasteiger partial charge in [-0.05, 0) is 55.3 Å². The average molecular weight is 413 g/mol. The summed E-state index contributed by atoms with van der Waals surface area (Å²) in [6.45, 7) is 1.62. The van der Waals surface area contributed by atoms with Crippen molar-refractivity contribution in [2.45, 2.75) is 12.8 Å². The third-order valence-electron chi connectivity index (χ3n) is 5.17. The second-order valence-corrected chi connectivity index (χ2v) is 7.46. The Labute approximate surface area is 172 Å². The maximum atomic E-state index is 12.6. The molecule has 0 radical (unpaired) electrons. The number of aromatic nitrogens is 2. The maximum absolute atomic E-state index is 12.6. The van der Waals surface area contributed by atoms with Gasteiger partial charge in [0, 0.05) is 22.5 Å². The van der Waals surface area contributed by atoms with Crippen molar-refractivity contribution >= 4 is 40.2 Å². The normalized spacial score (nSPS) is 16.6. The molecule has 0 saturated carbocycles. The molecule has 2 heterocycles. The second-order valence-electron chi connectivity index (χ2n) is 7.05. The van der Waals surface area contributed by atoms with Gasteiger partial charge in [-0.15, -0.1) is 0 Å². The maximum Gasteiger partial charge on any atom is 0.337 e. The third kappa shape index (κ3) is 3.97.